The van der Waals surface area contributed by atoms with Gasteiger partial charge in [0.05, 0.1) is 36.7 Å². The second-order valence-electron chi connectivity index (χ2n) is 9.14. The molecule has 4 aromatic rings. The van der Waals surface area contributed by atoms with E-state index in [2.05, 4.69) is 0 Å². The van der Waals surface area contributed by atoms with Crippen LogP contribution in [0.15, 0.2) is 108 Å². The fourth-order valence-corrected chi connectivity index (χ4v) is 5.11. The molecule has 8 nitrogen and oxygen atoms in total. The van der Waals surface area contributed by atoms with Gasteiger partial charge in [-0.3, -0.25) is 9.59 Å². The second kappa shape index (κ2) is 9.67. The first-order valence-electron chi connectivity index (χ1n) is 12.4. The first-order valence-corrected chi connectivity index (χ1v) is 12.4. The Balaban J connectivity index is 1.58. The van der Waals surface area contributed by atoms with Crippen LogP contribution in [0.4, 0.5) is 22.7 Å². The molecular formula is C32H22N2O6. The van der Waals surface area contributed by atoms with Crippen molar-refractivity contribution in [3.8, 4) is 0 Å². The maximum atomic E-state index is 14.0. The molecule has 0 aliphatic carbocycles. The van der Waals surface area contributed by atoms with Crippen molar-refractivity contribution in [1.82, 2.24) is 0 Å². The SMILES string of the molecule is COC(=O)c1ccc(N2/C(=C3\C(=O)c4ccccc4N3c3ccc(C(=O)OC)cc3)C(=O)c3ccccc32)cc1. The smallest absolute Gasteiger partial charge is 0.337 e. The zero-order valence-electron chi connectivity index (χ0n) is 21.6. The second-order valence-corrected chi connectivity index (χ2v) is 9.14. The van der Waals surface area contributed by atoms with E-state index in [1.165, 1.54) is 14.2 Å². The van der Waals surface area contributed by atoms with Crippen LogP contribution >= 0.6 is 0 Å². The minimum Gasteiger partial charge on any atom is -0.465 e. The number of allylic oxidation sites excluding steroid dienone is 2. The van der Waals surface area contributed by atoms with Crippen molar-refractivity contribution in [3.05, 3.63) is 131 Å². The number of benzene rings is 4. The number of ether oxygens (including phenoxy) is 2. The Labute approximate surface area is 229 Å². The highest BCUT2D eigenvalue weighted by molar-refractivity contribution is 6.30. The summed E-state index contributed by atoms with van der Waals surface area (Å²) in [6, 6.07) is 27.6. The van der Waals surface area contributed by atoms with Gasteiger partial charge in [0.1, 0.15) is 11.4 Å². The fraction of sp³-hybridized carbons (Fsp3) is 0.0625. The van der Waals surface area contributed by atoms with Crippen LogP contribution in [0.2, 0.25) is 0 Å². The summed E-state index contributed by atoms with van der Waals surface area (Å²) in [5.41, 5.74) is 4.41. The van der Waals surface area contributed by atoms with Gasteiger partial charge in [0.15, 0.2) is 0 Å². The molecule has 0 radical (unpaired) electrons. The number of nitrogens with zero attached hydrogens (tertiary/aromatic N) is 2. The van der Waals surface area contributed by atoms with Crippen LogP contribution in [0.3, 0.4) is 0 Å². The molecule has 0 unspecified atom stereocenters. The van der Waals surface area contributed by atoms with Gasteiger partial charge >= 0.3 is 11.9 Å². The van der Waals surface area contributed by atoms with E-state index in [-0.39, 0.29) is 23.0 Å². The largest absolute Gasteiger partial charge is 0.465 e. The third-order valence-corrected chi connectivity index (χ3v) is 6.97. The van der Waals surface area contributed by atoms with Crippen molar-refractivity contribution >= 4 is 46.3 Å². The summed E-state index contributed by atoms with van der Waals surface area (Å²) >= 11 is 0. The van der Waals surface area contributed by atoms with Gasteiger partial charge in [-0.05, 0) is 72.8 Å². The van der Waals surface area contributed by atoms with E-state index in [4.69, 9.17) is 9.47 Å². The van der Waals surface area contributed by atoms with Crippen LogP contribution in [-0.4, -0.2) is 37.7 Å². The zero-order chi connectivity index (χ0) is 28.0. The fourth-order valence-electron chi connectivity index (χ4n) is 5.11. The van der Waals surface area contributed by atoms with E-state index in [1.54, 1.807) is 82.6 Å². The highest BCUT2D eigenvalue weighted by Gasteiger charge is 2.43. The number of para-hydroxylation sites is 2. The summed E-state index contributed by atoms with van der Waals surface area (Å²) in [6.07, 6.45) is 0. The summed E-state index contributed by atoms with van der Waals surface area (Å²) < 4.78 is 9.65. The highest BCUT2D eigenvalue weighted by atomic mass is 16.5. The van der Waals surface area contributed by atoms with Gasteiger partial charge in [-0.1, -0.05) is 24.3 Å². The summed E-state index contributed by atoms with van der Waals surface area (Å²) in [6.45, 7) is 0. The van der Waals surface area contributed by atoms with Gasteiger partial charge in [-0.2, -0.15) is 0 Å². The van der Waals surface area contributed by atoms with Crippen molar-refractivity contribution < 1.29 is 28.7 Å². The molecule has 0 N–H and O–H groups in total. The lowest BCUT2D eigenvalue weighted by molar-refractivity contribution is 0.0592. The topological polar surface area (TPSA) is 93.2 Å². The summed E-state index contributed by atoms with van der Waals surface area (Å²) in [5, 5.41) is 0. The number of esters is 2. The van der Waals surface area contributed by atoms with Gasteiger partial charge in [-0.15, -0.1) is 0 Å². The van der Waals surface area contributed by atoms with Crippen molar-refractivity contribution in [1.29, 1.82) is 0 Å². The van der Waals surface area contributed by atoms with Crippen LogP contribution in [-0.2, 0) is 9.47 Å². The molecule has 0 fully saturated rings. The molecule has 0 saturated carbocycles. The molecular weight excluding hydrogens is 508 g/mol. The number of methoxy groups -OCH3 is 2. The highest BCUT2D eigenvalue weighted by Crippen LogP contribution is 2.48. The minimum absolute atomic E-state index is 0.185. The Morgan fingerprint density at radius 3 is 1.23 bits per heavy atom. The van der Waals surface area contributed by atoms with Crippen molar-refractivity contribution in [3.63, 3.8) is 0 Å². The minimum atomic E-state index is -0.481. The Morgan fingerprint density at radius 1 is 0.525 bits per heavy atom. The Hall–Kier alpha value is -5.50. The number of fused-ring (bicyclic) bond motifs is 2. The van der Waals surface area contributed by atoms with Gasteiger partial charge in [0, 0.05) is 22.5 Å². The van der Waals surface area contributed by atoms with Crippen molar-refractivity contribution in [2.24, 2.45) is 0 Å². The number of carbonyl (C=O) groups is 4. The Bertz CT molecular complexity index is 1610. The molecule has 196 valence electrons. The molecule has 6 rings (SSSR count). The summed E-state index contributed by atoms with van der Waals surface area (Å²) in [5.74, 6) is -1.57. The van der Waals surface area contributed by atoms with Crippen LogP contribution < -0.4 is 9.80 Å². The lowest BCUT2D eigenvalue weighted by Gasteiger charge is -2.27. The number of ketones is 2. The standard InChI is InChI=1S/C32H22N2O6/c1-39-31(37)19-11-15-21(16-12-19)33-25-9-5-3-7-23(25)29(35)27(33)28-30(36)24-8-4-6-10-26(24)34(28)22-17-13-20(14-18-22)32(38)40-2/h3-18H,1-2H3/b28-27+. The van der Waals surface area contributed by atoms with Gasteiger partial charge in [-0.25, -0.2) is 9.59 Å². The lowest BCUT2D eigenvalue weighted by Crippen LogP contribution is -2.25. The van der Waals surface area contributed by atoms with E-state index in [1.807, 2.05) is 24.3 Å². The number of anilines is 4. The lowest BCUT2D eigenvalue weighted by atomic mass is 10.1. The third-order valence-electron chi connectivity index (χ3n) is 6.97. The quantitative estimate of drug-likeness (QED) is 0.240. The summed E-state index contributed by atoms with van der Waals surface area (Å²) in [4.78, 5) is 55.6. The molecule has 0 bridgehead atoms. The first kappa shape index (κ1) is 24.8. The van der Waals surface area contributed by atoms with E-state index in [0.717, 1.165) is 0 Å². The number of hydrogen-bond acceptors (Lipinski definition) is 8. The Kier molecular flexibility index (Phi) is 6.00. The molecule has 0 atom stereocenters. The normalized spacial score (nSPS) is 15.7. The van der Waals surface area contributed by atoms with Crippen molar-refractivity contribution in [2.45, 2.75) is 0 Å². The molecule has 2 heterocycles. The number of rotatable bonds is 4. The van der Waals surface area contributed by atoms with E-state index in [0.29, 0.717) is 45.0 Å². The van der Waals surface area contributed by atoms with Gasteiger partial charge < -0.3 is 19.3 Å². The van der Waals surface area contributed by atoms with Gasteiger partial charge in [0.25, 0.3) is 0 Å². The average Bonchev–Trinajstić information content (AvgIpc) is 3.46. The monoisotopic (exact) mass is 530 g/mol. The number of hydrogen-bond donors (Lipinski definition) is 0. The zero-order valence-corrected chi connectivity index (χ0v) is 21.6. The first-order chi connectivity index (χ1) is 19.4. The predicted molar refractivity (Wildman–Crippen MR) is 148 cm³/mol. The molecule has 40 heavy (non-hydrogen) atoms. The van der Waals surface area contributed by atoms with E-state index in [9.17, 15) is 19.2 Å². The van der Waals surface area contributed by atoms with Crippen LogP contribution in [0.1, 0.15) is 41.4 Å². The number of carbonyl (C=O) groups excluding carboxylic acids is 4. The maximum Gasteiger partial charge on any atom is 0.337 e. The molecule has 0 spiro atoms. The van der Waals surface area contributed by atoms with E-state index < -0.39 is 11.9 Å². The van der Waals surface area contributed by atoms with Crippen LogP contribution in [0.5, 0.6) is 0 Å². The van der Waals surface area contributed by atoms with E-state index >= 15 is 0 Å². The maximum absolute atomic E-state index is 14.0. The molecule has 2 aliphatic heterocycles. The average molecular weight is 531 g/mol. The molecule has 2 aliphatic rings. The van der Waals surface area contributed by atoms with Crippen molar-refractivity contribution in [2.75, 3.05) is 24.0 Å². The molecule has 4 aromatic carbocycles. The Morgan fingerprint density at radius 2 is 0.875 bits per heavy atom. The third kappa shape index (κ3) is 3.77. The predicted octanol–water partition coefficient (Wildman–Crippen LogP) is 5.84. The molecule has 8 heteroatoms. The van der Waals surface area contributed by atoms with Gasteiger partial charge in [0.2, 0.25) is 11.6 Å². The summed E-state index contributed by atoms with van der Waals surface area (Å²) in [7, 11) is 2.62. The molecule has 0 aromatic heterocycles. The molecule has 0 saturated heterocycles. The molecule has 0 amide bonds. The van der Waals surface area contributed by atoms with Crippen LogP contribution in [0, 0.1) is 0 Å². The van der Waals surface area contributed by atoms with Crippen LogP contribution in [0.25, 0.3) is 0 Å². The number of Topliss-reactive ketones (excluding diaryl/α,β-unsaturated/α-hetero) is 2.